The van der Waals surface area contributed by atoms with E-state index < -0.39 is 5.60 Å². The third-order valence-corrected chi connectivity index (χ3v) is 7.40. The van der Waals surface area contributed by atoms with E-state index in [1.165, 1.54) is 49.5 Å². The molecule has 1 N–H and O–H groups in total. The first kappa shape index (κ1) is 17.7. The predicted octanol–water partition coefficient (Wildman–Crippen LogP) is 4.33. The highest BCUT2D eigenvalue weighted by molar-refractivity contribution is 5.86. The Kier molecular flexibility index (Phi) is 4.71. The molecule has 27 heavy (non-hydrogen) atoms. The Morgan fingerprint density at radius 1 is 0.963 bits per heavy atom. The molecule has 4 fully saturated rings. The molecule has 3 heterocycles. The largest absolute Gasteiger partial charge is 0.382 e. The van der Waals surface area contributed by atoms with Crippen molar-refractivity contribution < 1.29 is 9.84 Å². The van der Waals surface area contributed by atoms with E-state index in [0.717, 1.165) is 24.9 Å². The molecule has 0 unspecified atom stereocenters. The number of hydrogen-bond acceptors (Lipinski definition) is 3. The van der Waals surface area contributed by atoms with Crippen LogP contribution in [-0.2, 0) is 10.3 Å². The van der Waals surface area contributed by atoms with Crippen LogP contribution in [0.25, 0.3) is 10.8 Å². The van der Waals surface area contributed by atoms with E-state index >= 15 is 0 Å². The van der Waals surface area contributed by atoms with Gasteiger partial charge >= 0.3 is 0 Å². The Morgan fingerprint density at radius 2 is 1.70 bits per heavy atom. The number of hydrogen-bond donors (Lipinski definition) is 1. The molecule has 0 radical (unpaired) electrons. The van der Waals surface area contributed by atoms with Crippen LogP contribution in [-0.4, -0.2) is 42.4 Å². The fourth-order valence-electron chi connectivity index (χ4n) is 5.76. The van der Waals surface area contributed by atoms with Crippen molar-refractivity contribution in [2.45, 2.75) is 50.2 Å². The van der Waals surface area contributed by atoms with Crippen molar-refractivity contribution in [1.82, 2.24) is 4.90 Å². The van der Waals surface area contributed by atoms with Crippen molar-refractivity contribution in [2.75, 3.05) is 26.2 Å². The highest BCUT2D eigenvalue weighted by atomic mass is 16.5. The van der Waals surface area contributed by atoms with Gasteiger partial charge in [0, 0.05) is 6.54 Å². The Balaban J connectivity index is 1.46. The predicted molar refractivity (Wildman–Crippen MR) is 109 cm³/mol. The average molecular weight is 366 g/mol. The lowest BCUT2D eigenvalue weighted by Crippen LogP contribution is -2.53. The summed E-state index contributed by atoms with van der Waals surface area (Å²) >= 11 is 0. The summed E-state index contributed by atoms with van der Waals surface area (Å²) in [7, 11) is 0. The summed E-state index contributed by atoms with van der Waals surface area (Å²) in [6.07, 6.45) is 7.43. The highest BCUT2D eigenvalue weighted by Crippen LogP contribution is 2.44. The van der Waals surface area contributed by atoms with Crippen molar-refractivity contribution in [2.24, 2.45) is 11.8 Å². The van der Waals surface area contributed by atoms with Gasteiger partial charge in [-0.2, -0.15) is 0 Å². The Labute approximate surface area is 162 Å². The van der Waals surface area contributed by atoms with Crippen molar-refractivity contribution >= 4 is 10.8 Å². The maximum atomic E-state index is 12.0. The van der Waals surface area contributed by atoms with Gasteiger partial charge in [0.1, 0.15) is 5.60 Å². The fraction of sp³-hybridized carbons (Fsp3) is 0.583. The highest BCUT2D eigenvalue weighted by Gasteiger charge is 2.43. The molecule has 3 nitrogen and oxygen atoms in total. The van der Waals surface area contributed by atoms with Gasteiger partial charge in [0.25, 0.3) is 0 Å². The number of fused-ring (bicyclic) bond motifs is 4. The van der Waals surface area contributed by atoms with Crippen molar-refractivity contribution in [3.63, 3.8) is 0 Å². The summed E-state index contributed by atoms with van der Waals surface area (Å²) < 4.78 is 6.51. The molecule has 2 atom stereocenters. The van der Waals surface area contributed by atoms with Crippen LogP contribution in [0.1, 0.15) is 44.1 Å². The molecule has 2 aromatic carbocycles. The van der Waals surface area contributed by atoms with Gasteiger partial charge < -0.3 is 14.7 Å². The molecule has 2 aromatic rings. The first-order valence-corrected chi connectivity index (χ1v) is 10.8. The smallest absolute Gasteiger partial charge is 0.116 e. The fourth-order valence-corrected chi connectivity index (χ4v) is 5.76. The summed E-state index contributed by atoms with van der Waals surface area (Å²) in [4.78, 5) is 2.53. The second-order valence-electron chi connectivity index (χ2n) is 8.92. The quantitative estimate of drug-likeness (QED) is 0.856. The molecule has 4 aliphatic rings. The minimum atomic E-state index is -0.886. The molecule has 2 bridgehead atoms. The summed E-state index contributed by atoms with van der Waals surface area (Å²) in [5, 5.41) is 14.4. The summed E-state index contributed by atoms with van der Waals surface area (Å²) in [5.74, 6) is 0.972. The average Bonchev–Trinajstić information content (AvgIpc) is 3.28. The summed E-state index contributed by atoms with van der Waals surface area (Å²) in [5.41, 5.74) is 0.178. The third-order valence-electron chi connectivity index (χ3n) is 7.40. The van der Waals surface area contributed by atoms with E-state index in [2.05, 4.69) is 47.4 Å². The van der Waals surface area contributed by atoms with Gasteiger partial charge in [-0.25, -0.2) is 0 Å². The van der Waals surface area contributed by atoms with E-state index in [-0.39, 0.29) is 6.10 Å². The second kappa shape index (κ2) is 7.20. The Bertz CT molecular complexity index is 787. The van der Waals surface area contributed by atoms with E-state index in [0.29, 0.717) is 18.4 Å². The molecule has 1 aliphatic carbocycles. The van der Waals surface area contributed by atoms with Crippen LogP contribution in [0.3, 0.4) is 0 Å². The van der Waals surface area contributed by atoms with Crippen molar-refractivity contribution in [1.29, 1.82) is 0 Å². The van der Waals surface area contributed by atoms with Gasteiger partial charge in [-0.3, -0.25) is 0 Å². The Morgan fingerprint density at radius 3 is 2.44 bits per heavy atom. The van der Waals surface area contributed by atoms with Gasteiger partial charge in [-0.15, -0.1) is 0 Å². The third kappa shape index (κ3) is 3.20. The summed E-state index contributed by atoms with van der Waals surface area (Å²) in [6.45, 7) is 3.92. The standard InChI is InChI=1S/C24H31NO2/c26-24(20-8-2-3-9-20,17-27-23-16-25-14-12-19(23)13-15-25)22-11-5-7-18-6-1-4-10-21(18)22/h1,4-7,10-11,19-20,23,26H,2-3,8-9,12-17H2/t23-,24-/m0/s1. The molecule has 3 aliphatic heterocycles. The lowest BCUT2D eigenvalue weighted by atomic mass is 9.78. The number of piperidine rings is 3. The lowest BCUT2D eigenvalue weighted by Gasteiger charge is -2.46. The SMILES string of the molecule is O[C@](CO[C@H]1CN2CCC1CC2)(c1cccc2ccccc12)C1CCCC1. The van der Waals surface area contributed by atoms with Crippen LogP contribution in [0.2, 0.25) is 0 Å². The molecule has 1 saturated carbocycles. The molecule has 3 saturated heterocycles. The normalized spacial score (nSPS) is 30.6. The molecule has 0 amide bonds. The topological polar surface area (TPSA) is 32.7 Å². The van der Waals surface area contributed by atoms with Gasteiger partial charge in [-0.05, 0) is 66.9 Å². The first-order chi connectivity index (χ1) is 13.2. The number of nitrogens with zero attached hydrogens (tertiary/aromatic N) is 1. The van der Waals surface area contributed by atoms with Gasteiger partial charge in [0.2, 0.25) is 0 Å². The van der Waals surface area contributed by atoms with E-state index in [1.54, 1.807) is 0 Å². The number of ether oxygens (including phenoxy) is 1. The minimum Gasteiger partial charge on any atom is -0.382 e. The molecular weight excluding hydrogens is 334 g/mol. The minimum absolute atomic E-state index is 0.287. The van der Waals surface area contributed by atoms with Crippen LogP contribution >= 0.6 is 0 Å². The lowest BCUT2D eigenvalue weighted by molar-refractivity contribution is -0.143. The van der Waals surface area contributed by atoms with Crippen molar-refractivity contribution in [3.8, 4) is 0 Å². The molecule has 6 rings (SSSR count). The van der Waals surface area contributed by atoms with E-state index in [4.69, 9.17) is 4.74 Å². The van der Waals surface area contributed by atoms with Gasteiger partial charge in [-0.1, -0.05) is 55.3 Å². The summed E-state index contributed by atoms with van der Waals surface area (Å²) in [6, 6.07) is 14.8. The number of aliphatic hydroxyl groups is 1. The van der Waals surface area contributed by atoms with Gasteiger partial charge in [0.15, 0.2) is 0 Å². The van der Waals surface area contributed by atoms with Crippen LogP contribution in [0.15, 0.2) is 42.5 Å². The zero-order chi connectivity index (χ0) is 18.3. The monoisotopic (exact) mass is 365 g/mol. The van der Waals surface area contributed by atoms with Crippen molar-refractivity contribution in [3.05, 3.63) is 48.0 Å². The number of rotatable bonds is 5. The molecule has 144 valence electrons. The molecule has 3 heteroatoms. The van der Waals surface area contributed by atoms with E-state index in [9.17, 15) is 5.11 Å². The maximum absolute atomic E-state index is 12.0. The zero-order valence-electron chi connectivity index (χ0n) is 16.1. The van der Waals surface area contributed by atoms with Crippen LogP contribution in [0.4, 0.5) is 0 Å². The maximum Gasteiger partial charge on any atom is 0.116 e. The van der Waals surface area contributed by atoms with Crippen LogP contribution < -0.4 is 0 Å². The second-order valence-corrected chi connectivity index (χ2v) is 8.92. The first-order valence-electron chi connectivity index (χ1n) is 10.8. The molecule has 0 spiro atoms. The van der Waals surface area contributed by atoms with Crippen LogP contribution in [0, 0.1) is 11.8 Å². The zero-order valence-corrected chi connectivity index (χ0v) is 16.1. The number of benzene rings is 2. The Hall–Kier alpha value is -1.42. The molecule has 0 aromatic heterocycles. The molecular formula is C24H31NO2. The van der Waals surface area contributed by atoms with Crippen LogP contribution in [0.5, 0.6) is 0 Å². The van der Waals surface area contributed by atoms with E-state index in [1.807, 2.05) is 0 Å². The van der Waals surface area contributed by atoms with Gasteiger partial charge in [0.05, 0.1) is 12.7 Å².